The maximum absolute atomic E-state index is 13.5. The number of nitrogens with zero attached hydrogens (tertiary/aromatic N) is 9. The van der Waals surface area contributed by atoms with Crippen LogP contribution in [0.5, 0.6) is 0 Å². The number of azide groups is 3. The Morgan fingerprint density at radius 2 is 0.648 bits per heavy atom. The van der Waals surface area contributed by atoms with Crippen LogP contribution in [0.3, 0.4) is 0 Å². The molecule has 0 aromatic carbocycles. The Bertz CT molecular complexity index is 3820. The van der Waals surface area contributed by atoms with E-state index in [-0.39, 0.29) is 190 Å². The molecule has 34 nitrogen and oxygen atoms in total. The molecule has 740 valence electrons. The number of terminal acetylenes is 3. The Kier molecular flexibility index (Phi) is 85.1. The summed E-state index contributed by atoms with van der Waals surface area (Å²) in [6, 6.07) is -3.51. The highest BCUT2D eigenvalue weighted by atomic mass is 31.2. The van der Waals surface area contributed by atoms with E-state index in [4.69, 9.17) is 99.7 Å². The lowest BCUT2D eigenvalue weighted by molar-refractivity contribution is -0.150. The molecule has 0 heterocycles. The van der Waals surface area contributed by atoms with Crippen molar-refractivity contribution in [3.63, 3.8) is 0 Å². The summed E-state index contributed by atoms with van der Waals surface area (Å²) in [5.74, 6) is 36.8. The summed E-state index contributed by atoms with van der Waals surface area (Å²) >= 11 is 0. The molecule has 4 N–H and O–H groups in total. The summed E-state index contributed by atoms with van der Waals surface area (Å²) in [5, 5.41) is 15.9. The van der Waals surface area contributed by atoms with E-state index in [0.29, 0.717) is 12.8 Å². The lowest BCUT2D eigenvalue weighted by Gasteiger charge is -2.20. The summed E-state index contributed by atoms with van der Waals surface area (Å²) < 4.78 is 122. The van der Waals surface area contributed by atoms with Gasteiger partial charge in [0.2, 0.25) is 0 Å². The quantitative estimate of drug-likeness (QED) is 0.00586. The number of esters is 3. The Hall–Kier alpha value is -8.96. The molecule has 0 bridgehead atoms. The molecule has 0 saturated carbocycles. The number of ether oxygens (including phenoxy) is 6. The van der Waals surface area contributed by atoms with Gasteiger partial charge in [0, 0.05) is 114 Å². The van der Waals surface area contributed by atoms with Gasteiger partial charge in [0.05, 0.1) is 117 Å². The third-order valence-electron chi connectivity index (χ3n) is 17.5. The number of phosphoric acid groups is 3. The van der Waals surface area contributed by atoms with E-state index in [2.05, 4.69) is 170 Å². The first-order chi connectivity index (χ1) is 62.3. The van der Waals surface area contributed by atoms with Gasteiger partial charge in [-0.15, -0.1) is 39.0 Å². The molecule has 128 heavy (non-hydrogen) atoms. The Labute approximate surface area is 784 Å². The summed E-state index contributed by atoms with van der Waals surface area (Å²) in [6.45, 7) is 14.4. The molecule has 0 spiro atoms. The topological polar surface area (TPSA) is 454 Å². The van der Waals surface area contributed by atoms with Gasteiger partial charge in [0.1, 0.15) is 18.3 Å². The van der Waals surface area contributed by atoms with Gasteiger partial charge in [-0.3, -0.25) is 55.1 Å². The number of amides is 2. The Morgan fingerprint density at radius 1 is 0.383 bits per heavy atom. The number of rotatable bonds is 83. The minimum Gasteiger partial charge on any atom is -0.461 e. The first kappa shape index (κ1) is 121. The van der Waals surface area contributed by atoms with Crippen LogP contribution in [0.4, 0.5) is 4.79 Å². The molecule has 3 unspecified atom stereocenters. The number of carbonyl (C=O) groups is 4. The first-order valence-electron chi connectivity index (χ1n) is 44.2. The van der Waals surface area contributed by atoms with Gasteiger partial charge in [0.15, 0.2) is 0 Å². The van der Waals surface area contributed by atoms with Crippen molar-refractivity contribution in [3.8, 4) is 108 Å². The summed E-state index contributed by atoms with van der Waals surface area (Å²) in [6.07, 6.45) is 50.5. The molecule has 0 aromatic rings. The normalized spacial score (nSPS) is 13.1. The van der Waals surface area contributed by atoms with Crippen molar-refractivity contribution in [1.29, 1.82) is 0 Å². The predicted octanol–water partition coefficient (Wildman–Crippen LogP) is 22.8. The van der Waals surface area contributed by atoms with Gasteiger partial charge in [-0.05, 0) is 107 Å². The number of hydrogen-bond acceptors (Lipinski definition) is 26. The monoisotopic (exact) mass is 1880 g/mol. The molecule has 37 heteroatoms. The second-order valence-corrected chi connectivity index (χ2v) is 33.4. The van der Waals surface area contributed by atoms with Crippen molar-refractivity contribution in [3.05, 3.63) is 69.3 Å². The standard InChI is InChI=1S/C61H92N8O15P2.C30H47N4O7P.15H2/c1-7-13-17-21-23-25-27-31-35-39-59(70)83-57(37-33-29-19-15-9-3)41-47-75-51-55(66-68-62)53-81-85(73,77-45-11-5)79-49-43-64-61(72)65-44-50-80-86(74,78-46-12-6)82-54-56(67-69-63)52-76-48-42-58(38-34-30-20-16-10-4)84-60(71)40-36-32-28-26-24-22-18-14-8-2;1-4-7-9-11-12-13-14-16-18-20-30(35)41-29(19-17-15-10-8-5-2)21-24-37-26-28(33-34-32)27-40-42(36,38-23-6-3)39-25-22-31;;;;;;;;;;;;;;;/h3-4,11-12,55-58H,5-8,13-14,17-18,21-28,31-32,35-54H2,1-2H3,(H2,64,65,72);2,6,28-29H,3-4,7,9,11-14,16,18-27,31H2,1H3;15*1H/t55-,56-,57-,58-,85?,86?;28-,29-,42?;;;;;;;;;;;;;;;/m11.............../s1. The lowest BCUT2D eigenvalue weighted by atomic mass is 10.1. The molecule has 0 aromatic heterocycles. The highest BCUT2D eigenvalue weighted by Gasteiger charge is 2.31. The molecule has 2 amide bonds. The van der Waals surface area contributed by atoms with Gasteiger partial charge in [0.25, 0.3) is 0 Å². The van der Waals surface area contributed by atoms with E-state index in [0.717, 1.165) is 70.6 Å². The average molecular weight is 1880 g/mol. The highest BCUT2D eigenvalue weighted by Crippen LogP contribution is 2.51. The third-order valence-corrected chi connectivity index (χ3v) is 21.8. The Morgan fingerprint density at radius 3 is 0.898 bits per heavy atom. The van der Waals surface area contributed by atoms with Gasteiger partial charge >= 0.3 is 47.4 Å². The molecular formula is C91H169N12O22P3. The Balaban J connectivity index is -0.000000159. The number of hydrogen-bond donors (Lipinski definition) is 3. The first-order valence-corrected chi connectivity index (χ1v) is 48.6. The van der Waals surface area contributed by atoms with Crippen molar-refractivity contribution in [2.45, 2.75) is 288 Å². The number of nitrogens with two attached hydrogens (primary N) is 1. The minimum atomic E-state index is -4.32. The van der Waals surface area contributed by atoms with Gasteiger partial charge < -0.3 is 44.8 Å². The number of nitrogens with one attached hydrogen (secondary N) is 2. The minimum absolute atomic E-state index is 0. The third kappa shape index (κ3) is 79.2. The van der Waals surface area contributed by atoms with Crippen molar-refractivity contribution in [1.82, 2.24) is 10.6 Å². The van der Waals surface area contributed by atoms with Crippen LogP contribution in [0, 0.1) is 108 Å². The van der Waals surface area contributed by atoms with Crippen LogP contribution in [-0.4, -0.2) is 179 Å². The van der Waals surface area contributed by atoms with Crippen LogP contribution in [0.25, 0.3) is 31.3 Å². The second kappa shape index (κ2) is 90.0. The number of carbonyl (C=O) groups excluding carboxylic acids is 4. The smallest absolute Gasteiger partial charge is 0.461 e. The van der Waals surface area contributed by atoms with Gasteiger partial charge in [-0.25, -0.2) is 18.5 Å². The summed E-state index contributed by atoms with van der Waals surface area (Å²) in [4.78, 5) is 58.9. The van der Waals surface area contributed by atoms with Crippen LogP contribution in [0.15, 0.2) is 53.3 Å². The molecule has 0 rings (SSSR count). The van der Waals surface area contributed by atoms with Crippen LogP contribution < -0.4 is 16.4 Å². The van der Waals surface area contributed by atoms with Gasteiger partial charge in [-0.1, -0.05) is 226 Å². The van der Waals surface area contributed by atoms with Crippen LogP contribution in [0.2, 0.25) is 0 Å². The van der Waals surface area contributed by atoms with E-state index in [1.165, 1.54) is 121 Å². The molecule has 0 aliphatic carbocycles. The predicted molar refractivity (Wildman–Crippen MR) is 526 cm³/mol. The molecule has 0 aliphatic heterocycles. The number of phosphoric ester groups is 3. The molecule has 0 radical (unpaired) electrons. The molecule has 0 aliphatic rings. The summed E-state index contributed by atoms with van der Waals surface area (Å²) in [5.41, 5.74) is 32.8. The highest BCUT2D eigenvalue weighted by molar-refractivity contribution is 7.49. The maximum atomic E-state index is 13.5. The zero-order valence-electron chi connectivity index (χ0n) is 75.7. The fraction of sp³-hybridized carbons (Fsp3) is 0.692. The average Bonchev–Trinajstić information content (AvgIpc) is 0.823. The SMILES string of the molecule is C#CC#CC#CC[C@H](CCOC[C@H](COP(=O)(OCC=C)OCCN)N=[N+]=[N-])OC(=O)CCCCCCCCCCC.C#CC#CC#CC[C@H](CCOC[C@H](COP(=O)(OCC=C)OCCNC(=O)NCCOP(=O)(OCC=C)OC[C@@H](COCC[C@@H](CC#CC#CC#C)OC(=O)CCCCCCCCCCC)N=[N+]=[N-])N=[N+]=[N-])OC(=O)CCCCCCCCCCC.[HH].[HH].[HH].[HH].[HH].[HH].[HH].[HH].[HH].[HH].[HH].[HH].[HH].[HH].[HH]. The molecule has 0 fully saturated rings. The van der Waals surface area contributed by atoms with Crippen LogP contribution in [-0.2, 0) is 97.2 Å². The molecule has 9 atom stereocenters. The van der Waals surface area contributed by atoms with Crippen molar-refractivity contribution < 1.29 is 123 Å². The molecule has 0 saturated heterocycles. The van der Waals surface area contributed by atoms with E-state index in [9.17, 15) is 43.9 Å². The second-order valence-electron chi connectivity index (χ2n) is 28.4. The number of unbranched alkanes of at least 4 members (excludes halogenated alkanes) is 24. The van der Waals surface area contributed by atoms with E-state index < -0.39 is 79.2 Å². The molecular weight excluding hydrogens is 1710 g/mol. The zero-order chi connectivity index (χ0) is 94.4. The van der Waals surface area contributed by atoms with E-state index >= 15 is 0 Å². The fourth-order valence-corrected chi connectivity index (χ4v) is 14.5. The van der Waals surface area contributed by atoms with Gasteiger partial charge in [-0.2, -0.15) is 0 Å². The van der Waals surface area contributed by atoms with Crippen molar-refractivity contribution >= 4 is 47.4 Å². The van der Waals surface area contributed by atoms with Crippen LogP contribution in [0.1, 0.15) is 273 Å². The van der Waals surface area contributed by atoms with E-state index in [1.807, 2.05) is 0 Å². The largest absolute Gasteiger partial charge is 0.475 e. The maximum Gasteiger partial charge on any atom is 0.475 e. The summed E-state index contributed by atoms with van der Waals surface area (Å²) in [7, 11) is -12.6. The van der Waals surface area contributed by atoms with Crippen molar-refractivity contribution in [2.24, 2.45) is 21.1 Å². The number of urea groups is 1. The lowest BCUT2D eigenvalue weighted by Crippen LogP contribution is -2.38. The zero-order valence-corrected chi connectivity index (χ0v) is 78.3. The van der Waals surface area contributed by atoms with E-state index in [1.54, 1.807) is 0 Å². The fourth-order valence-electron chi connectivity index (χ4n) is 10.9. The van der Waals surface area contributed by atoms with Crippen molar-refractivity contribution in [2.75, 3.05) is 119 Å². The van der Waals surface area contributed by atoms with Crippen LogP contribution >= 0.6 is 23.5 Å².